The lowest BCUT2D eigenvalue weighted by Gasteiger charge is -2.20. The largest absolute Gasteiger partial charge is 0.481 e. The van der Waals surface area contributed by atoms with Crippen LogP contribution in [0.1, 0.15) is 74.6 Å². The second-order valence-corrected chi connectivity index (χ2v) is 9.19. The van der Waals surface area contributed by atoms with Crippen molar-refractivity contribution in [1.82, 2.24) is 19.4 Å². The van der Waals surface area contributed by atoms with Gasteiger partial charge in [0.05, 0.1) is 12.0 Å². The van der Waals surface area contributed by atoms with Gasteiger partial charge < -0.3 is 9.67 Å². The fourth-order valence-electron chi connectivity index (χ4n) is 3.94. The van der Waals surface area contributed by atoms with Crippen LogP contribution >= 0.6 is 11.8 Å². The summed E-state index contributed by atoms with van der Waals surface area (Å²) in [7, 11) is 0. The average molecular weight is 418 g/mol. The Bertz CT molecular complexity index is 878. The van der Waals surface area contributed by atoms with E-state index in [0.717, 1.165) is 30.8 Å². The Morgan fingerprint density at radius 2 is 2.03 bits per heavy atom. The highest BCUT2D eigenvalue weighted by Crippen LogP contribution is 2.33. The van der Waals surface area contributed by atoms with Crippen molar-refractivity contribution in [2.24, 2.45) is 11.0 Å². The minimum atomic E-state index is -0.870. The molecule has 8 heteroatoms. The molecule has 0 unspecified atom stereocenters. The molecule has 1 aliphatic rings. The highest BCUT2D eigenvalue weighted by Gasteiger charge is 2.24. The van der Waals surface area contributed by atoms with Crippen molar-refractivity contribution in [2.75, 3.05) is 5.75 Å². The molecule has 0 atom stereocenters. The molecule has 7 nitrogen and oxygen atoms in total. The number of hydrogen-bond acceptors (Lipinski definition) is 5. The summed E-state index contributed by atoms with van der Waals surface area (Å²) in [4.78, 5) is 11.0. The van der Waals surface area contributed by atoms with Gasteiger partial charge in [-0.15, -0.1) is 10.2 Å². The van der Waals surface area contributed by atoms with Gasteiger partial charge in [-0.25, -0.2) is 0 Å². The maximum Gasteiger partial charge on any atom is 0.313 e. The smallest absolute Gasteiger partial charge is 0.313 e. The lowest BCUT2D eigenvalue weighted by atomic mass is 9.89. The maximum absolute atomic E-state index is 11.0. The van der Waals surface area contributed by atoms with Gasteiger partial charge >= 0.3 is 5.97 Å². The number of aliphatic carboxylic acids is 1. The number of aromatic nitrogens is 4. The zero-order valence-electron chi connectivity index (χ0n) is 17.8. The first-order chi connectivity index (χ1) is 13.9. The van der Waals surface area contributed by atoms with Crippen molar-refractivity contribution < 1.29 is 9.90 Å². The summed E-state index contributed by atoms with van der Waals surface area (Å²) in [6.07, 6.45) is 7.67. The molecule has 1 aliphatic carbocycles. The maximum atomic E-state index is 11.0. The summed E-state index contributed by atoms with van der Waals surface area (Å²) >= 11 is 1.17. The van der Waals surface area contributed by atoms with Gasteiger partial charge in [0.1, 0.15) is 0 Å². The minimum absolute atomic E-state index is 0.0543. The molecule has 29 heavy (non-hydrogen) atoms. The van der Waals surface area contributed by atoms with Gasteiger partial charge in [-0.1, -0.05) is 44.9 Å². The first-order valence-corrected chi connectivity index (χ1v) is 11.4. The molecule has 1 N–H and O–H groups in total. The molecular weight excluding hydrogens is 386 g/mol. The van der Waals surface area contributed by atoms with E-state index in [1.165, 1.54) is 42.4 Å². The van der Waals surface area contributed by atoms with E-state index in [1.807, 2.05) is 6.21 Å². The van der Waals surface area contributed by atoms with Gasteiger partial charge in [0.15, 0.2) is 5.82 Å². The van der Waals surface area contributed by atoms with Gasteiger partial charge in [-0.2, -0.15) is 9.78 Å². The van der Waals surface area contributed by atoms with Crippen LogP contribution in [0.4, 0.5) is 0 Å². The van der Waals surface area contributed by atoms with E-state index < -0.39 is 5.97 Å². The lowest BCUT2D eigenvalue weighted by molar-refractivity contribution is -0.133. The zero-order valence-corrected chi connectivity index (χ0v) is 18.6. The van der Waals surface area contributed by atoms with Crippen molar-refractivity contribution in [3.05, 3.63) is 28.8 Å². The standard InChI is InChI=1S/C21H31N5O2S/c1-14(2)12-25-15(3)10-18(16(25)4)11-22-26-20(17-8-6-5-7-9-17)23-24-21(26)29-13-19(27)28/h10-11,14,17H,5-9,12-13H2,1-4H3,(H,27,28)/b22-11+. The Kier molecular flexibility index (Phi) is 7.16. The normalized spacial score (nSPS) is 15.6. The van der Waals surface area contributed by atoms with E-state index in [4.69, 9.17) is 10.2 Å². The Morgan fingerprint density at radius 1 is 1.31 bits per heavy atom. The molecule has 1 saturated carbocycles. The average Bonchev–Trinajstić information content (AvgIpc) is 3.20. The number of carbonyl (C=O) groups is 1. The molecule has 0 aromatic carbocycles. The van der Waals surface area contributed by atoms with Crippen molar-refractivity contribution >= 4 is 23.9 Å². The highest BCUT2D eigenvalue weighted by atomic mass is 32.2. The van der Waals surface area contributed by atoms with Crippen LogP contribution in [-0.4, -0.2) is 42.5 Å². The second kappa shape index (κ2) is 9.61. The van der Waals surface area contributed by atoms with E-state index in [1.54, 1.807) is 4.68 Å². The van der Waals surface area contributed by atoms with E-state index >= 15 is 0 Å². The van der Waals surface area contributed by atoms with Crippen LogP contribution in [0.3, 0.4) is 0 Å². The van der Waals surface area contributed by atoms with Crippen molar-refractivity contribution in [3.8, 4) is 0 Å². The van der Waals surface area contributed by atoms with Crippen LogP contribution in [0.5, 0.6) is 0 Å². The van der Waals surface area contributed by atoms with Crippen LogP contribution in [0.25, 0.3) is 0 Å². The quantitative estimate of drug-likeness (QED) is 0.506. The summed E-state index contributed by atoms with van der Waals surface area (Å²) in [6, 6.07) is 2.15. The Balaban J connectivity index is 1.91. The Labute approximate surface area is 176 Å². The molecule has 158 valence electrons. The van der Waals surface area contributed by atoms with Gasteiger partial charge in [0.2, 0.25) is 5.16 Å². The third-order valence-electron chi connectivity index (χ3n) is 5.40. The van der Waals surface area contributed by atoms with Crippen LogP contribution in [0.15, 0.2) is 16.3 Å². The fourth-order valence-corrected chi connectivity index (χ4v) is 4.56. The Hall–Kier alpha value is -2.09. The predicted octanol–water partition coefficient (Wildman–Crippen LogP) is 4.46. The van der Waals surface area contributed by atoms with Crippen molar-refractivity contribution in [2.45, 2.75) is 77.4 Å². The molecule has 2 heterocycles. The molecule has 2 aromatic heterocycles. The molecule has 3 rings (SSSR count). The van der Waals surface area contributed by atoms with Crippen LogP contribution in [0.2, 0.25) is 0 Å². The van der Waals surface area contributed by atoms with Crippen LogP contribution in [0, 0.1) is 19.8 Å². The summed E-state index contributed by atoms with van der Waals surface area (Å²) in [6.45, 7) is 9.64. The molecule has 0 radical (unpaired) electrons. The zero-order chi connectivity index (χ0) is 21.0. The Morgan fingerprint density at radius 3 is 2.69 bits per heavy atom. The minimum Gasteiger partial charge on any atom is -0.481 e. The third kappa shape index (κ3) is 5.29. The molecule has 1 fully saturated rings. The molecule has 0 spiro atoms. The van der Waals surface area contributed by atoms with Crippen molar-refractivity contribution in [3.63, 3.8) is 0 Å². The van der Waals surface area contributed by atoms with E-state index in [2.05, 4.69) is 48.5 Å². The molecule has 2 aromatic rings. The van der Waals surface area contributed by atoms with Crippen LogP contribution in [-0.2, 0) is 11.3 Å². The number of carboxylic acids is 1. The number of carboxylic acid groups (broad SMARTS) is 1. The molecule has 0 saturated heterocycles. The topological polar surface area (TPSA) is 85.3 Å². The summed E-state index contributed by atoms with van der Waals surface area (Å²) in [5.74, 6) is 0.830. The SMILES string of the molecule is Cc1cc(/C=N/n2c(SCC(=O)O)nnc2C2CCCCC2)c(C)n1CC(C)C. The number of hydrogen-bond donors (Lipinski definition) is 1. The van der Waals surface area contributed by atoms with E-state index in [-0.39, 0.29) is 5.75 Å². The van der Waals surface area contributed by atoms with Crippen LogP contribution < -0.4 is 0 Å². The van der Waals surface area contributed by atoms with E-state index in [0.29, 0.717) is 17.0 Å². The third-order valence-corrected chi connectivity index (χ3v) is 6.31. The summed E-state index contributed by atoms with van der Waals surface area (Å²) in [5, 5.41) is 23.0. The predicted molar refractivity (Wildman–Crippen MR) is 116 cm³/mol. The number of thioether (sulfide) groups is 1. The van der Waals surface area contributed by atoms with Gasteiger partial charge in [-0.05, 0) is 38.7 Å². The summed E-state index contributed by atoms with van der Waals surface area (Å²) in [5.41, 5.74) is 3.47. The number of nitrogens with zero attached hydrogens (tertiary/aromatic N) is 5. The molecule has 0 bridgehead atoms. The summed E-state index contributed by atoms with van der Waals surface area (Å²) < 4.78 is 4.08. The number of rotatable bonds is 8. The number of aryl methyl sites for hydroxylation is 1. The fraction of sp³-hybridized carbons (Fsp3) is 0.619. The molecule has 0 amide bonds. The lowest BCUT2D eigenvalue weighted by Crippen LogP contribution is -2.11. The molecule has 0 aliphatic heterocycles. The van der Waals surface area contributed by atoms with Crippen molar-refractivity contribution in [1.29, 1.82) is 0 Å². The second-order valence-electron chi connectivity index (χ2n) is 8.25. The first kappa shape index (κ1) is 21.6. The first-order valence-electron chi connectivity index (χ1n) is 10.4. The monoisotopic (exact) mass is 417 g/mol. The van der Waals surface area contributed by atoms with Gasteiger partial charge in [-0.3, -0.25) is 4.79 Å². The molecular formula is C21H31N5O2S. The highest BCUT2D eigenvalue weighted by molar-refractivity contribution is 7.99. The van der Waals surface area contributed by atoms with E-state index in [9.17, 15) is 4.79 Å². The van der Waals surface area contributed by atoms with Gasteiger partial charge in [0.25, 0.3) is 0 Å². The van der Waals surface area contributed by atoms with Gasteiger partial charge in [0, 0.05) is 29.4 Å².